The maximum absolute atomic E-state index is 8.72. The van der Waals surface area contributed by atoms with Crippen molar-refractivity contribution in [2.75, 3.05) is 33.4 Å². The lowest BCUT2D eigenvalue weighted by atomic mass is 10.1. The van der Waals surface area contributed by atoms with Gasteiger partial charge in [0.15, 0.2) is 0 Å². The van der Waals surface area contributed by atoms with Gasteiger partial charge in [-0.1, -0.05) is 38.2 Å². The second-order valence-corrected chi connectivity index (χ2v) is 5.43. The molecular weight excluding hydrogens is 262 g/mol. The van der Waals surface area contributed by atoms with Crippen molar-refractivity contribution in [2.24, 2.45) is 5.92 Å². The minimum Gasteiger partial charge on any atom is -0.492 e. The average Bonchev–Trinajstić information content (AvgIpc) is 2.48. The Labute approximate surface area is 128 Å². The van der Waals surface area contributed by atoms with Crippen LogP contribution in [0, 0.1) is 17.8 Å². The Balaban J connectivity index is 2.39. The molecule has 1 aromatic carbocycles. The van der Waals surface area contributed by atoms with Gasteiger partial charge in [0.05, 0.1) is 6.61 Å². The van der Waals surface area contributed by atoms with Crippen LogP contribution in [0.1, 0.15) is 32.3 Å². The van der Waals surface area contributed by atoms with Crippen LogP contribution in [0.2, 0.25) is 0 Å². The van der Waals surface area contributed by atoms with Crippen molar-refractivity contribution in [3.05, 3.63) is 29.8 Å². The normalized spacial score (nSPS) is 11.9. The minimum atomic E-state index is 0.103. The standard InChI is InChI=1S/C18H27NO2/c1-4-16(2)15-19(3)11-13-21-18-10-7-9-17(14-18)8-5-6-12-20/h7,9-10,14,16,20H,4,6,11-13,15H2,1-3H3. The van der Waals surface area contributed by atoms with Gasteiger partial charge in [-0.05, 0) is 31.2 Å². The second-order valence-electron chi connectivity index (χ2n) is 5.43. The summed E-state index contributed by atoms with van der Waals surface area (Å²) in [5.74, 6) is 7.51. The predicted octanol–water partition coefficient (Wildman–Crippen LogP) is 2.78. The summed E-state index contributed by atoms with van der Waals surface area (Å²) in [4.78, 5) is 2.30. The number of aliphatic hydroxyl groups is 1. The lowest BCUT2D eigenvalue weighted by Gasteiger charge is -2.20. The SMILES string of the molecule is CCC(C)CN(C)CCOc1cccc(C#CCCO)c1. The molecule has 1 unspecified atom stereocenters. The van der Waals surface area contributed by atoms with E-state index in [1.807, 2.05) is 24.3 Å². The molecule has 0 aliphatic carbocycles. The van der Waals surface area contributed by atoms with E-state index >= 15 is 0 Å². The first-order valence-corrected chi connectivity index (χ1v) is 7.66. The highest BCUT2D eigenvalue weighted by Crippen LogP contribution is 2.12. The van der Waals surface area contributed by atoms with E-state index in [1.54, 1.807) is 0 Å². The van der Waals surface area contributed by atoms with Crippen LogP contribution in [0.5, 0.6) is 5.75 Å². The number of ether oxygens (including phenoxy) is 1. The molecule has 1 atom stereocenters. The summed E-state index contributed by atoms with van der Waals surface area (Å²) < 4.78 is 5.78. The third-order valence-electron chi connectivity index (χ3n) is 3.37. The molecule has 0 bridgehead atoms. The van der Waals surface area contributed by atoms with E-state index in [0.29, 0.717) is 13.0 Å². The van der Waals surface area contributed by atoms with Crippen LogP contribution in [-0.2, 0) is 0 Å². The first-order chi connectivity index (χ1) is 10.2. The number of hydrogen-bond donors (Lipinski definition) is 1. The number of benzene rings is 1. The lowest BCUT2D eigenvalue weighted by Crippen LogP contribution is -2.28. The number of likely N-dealkylation sites (N-methyl/N-ethyl adjacent to an activating group) is 1. The quantitative estimate of drug-likeness (QED) is 0.747. The molecule has 116 valence electrons. The number of nitrogens with zero attached hydrogens (tertiary/aromatic N) is 1. The smallest absolute Gasteiger partial charge is 0.120 e. The average molecular weight is 289 g/mol. The van der Waals surface area contributed by atoms with E-state index in [4.69, 9.17) is 9.84 Å². The van der Waals surface area contributed by atoms with E-state index < -0.39 is 0 Å². The largest absolute Gasteiger partial charge is 0.492 e. The number of hydrogen-bond acceptors (Lipinski definition) is 3. The monoisotopic (exact) mass is 289 g/mol. The zero-order valence-electron chi connectivity index (χ0n) is 13.4. The molecule has 21 heavy (non-hydrogen) atoms. The van der Waals surface area contributed by atoms with Gasteiger partial charge in [0.2, 0.25) is 0 Å². The first-order valence-electron chi connectivity index (χ1n) is 7.66. The highest BCUT2D eigenvalue weighted by molar-refractivity contribution is 5.39. The molecule has 0 amide bonds. The molecular formula is C18H27NO2. The van der Waals surface area contributed by atoms with Gasteiger partial charge in [0, 0.05) is 25.1 Å². The molecule has 3 heteroatoms. The fourth-order valence-corrected chi connectivity index (χ4v) is 1.96. The Kier molecular flexibility index (Phi) is 8.57. The molecule has 0 saturated carbocycles. The Morgan fingerprint density at radius 3 is 2.90 bits per heavy atom. The van der Waals surface area contributed by atoms with Crippen molar-refractivity contribution in [3.63, 3.8) is 0 Å². The molecule has 0 aromatic heterocycles. The van der Waals surface area contributed by atoms with Crippen molar-refractivity contribution in [3.8, 4) is 17.6 Å². The molecule has 0 saturated heterocycles. The fourth-order valence-electron chi connectivity index (χ4n) is 1.96. The summed E-state index contributed by atoms with van der Waals surface area (Å²) >= 11 is 0. The zero-order chi connectivity index (χ0) is 15.5. The van der Waals surface area contributed by atoms with Gasteiger partial charge < -0.3 is 14.7 Å². The van der Waals surface area contributed by atoms with Crippen LogP contribution in [0.3, 0.4) is 0 Å². The summed E-state index contributed by atoms with van der Waals surface area (Å²) in [5.41, 5.74) is 0.925. The highest BCUT2D eigenvalue weighted by atomic mass is 16.5. The van der Waals surface area contributed by atoms with Gasteiger partial charge >= 0.3 is 0 Å². The Bertz CT molecular complexity index is 462. The van der Waals surface area contributed by atoms with Gasteiger partial charge in [-0.2, -0.15) is 0 Å². The van der Waals surface area contributed by atoms with Crippen LogP contribution in [0.15, 0.2) is 24.3 Å². The molecule has 0 heterocycles. The third-order valence-corrected chi connectivity index (χ3v) is 3.37. The zero-order valence-corrected chi connectivity index (χ0v) is 13.4. The predicted molar refractivity (Wildman–Crippen MR) is 87.5 cm³/mol. The summed E-state index contributed by atoms with van der Waals surface area (Å²) in [6, 6.07) is 7.79. The second kappa shape index (κ2) is 10.3. The van der Waals surface area contributed by atoms with Crippen molar-refractivity contribution in [1.82, 2.24) is 4.90 Å². The van der Waals surface area contributed by atoms with Crippen molar-refractivity contribution in [2.45, 2.75) is 26.7 Å². The number of aliphatic hydroxyl groups excluding tert-OH is 1. The molecule has 0 radical (unpaired) electrons. The fraction of sp³-hybridized carbons (Fsp3) is 0.556. The van der Waals surface area contributed by atoms with E-state index in [9.17, 15) is 0 Å². The van der Waals surface area contributed by atoms with Gasteiger partial charge in [-0.25, -0.2) is 0 Å². The van der Waals surface area contributed by atoms with E-state index in [2.05, 4.69) is 37.6 Å². The van der Waals surface area contributed by atoms with E-state index in [-0.39, 0.29) is 6.61 Å². The van der Waals surface area contributed by atoms with Crippen LogP contribution in [0.4, 0.5) is 0 Å². The van der Waals surface area contributed by atoms with Gasteiger partial charge in [0.1, 0.15) is 12.4 Å². The maximum Gasteiger partial charge on any atom is 0.120 e. The number of rotatable bonds is 8. The topological polar surface area (TPSA) is 32.7 Å². The molecule has 0 fully saturated rings. The van der Waals surface area contributed by atoms with Crippen molar-refractivity contribution in [1.29, 1.82) is 0 Å². The molecule has 3 nitrogen and oxygen atoms in total. The summed E-state index contributed by atoms with van der Waals surface area (Å²) in [6.07, 6.45) is 1.71. The summed E-state index contributed by atoms with van der Waals surface area (Å²) in [7, 11) is 2.13. The molecule has 0 aliphatic heterocycles. The summed E-state index contributed by atoms with van der Waals surface area (Å²) in [5, 5.41) is 8.72. The summed E-state index contributed by atoms with van der Waals surface area (Å²) in [6.45, 7) is 7.30. The van der Waals surface area contributed by atoms with Gasteiger partial charge in [-0.3, -0.25) is 0 Å². The molecule has 0 spiro atoms. The van der Waals surface area contributed by atoms with Crippen LogP contribution in [0.25, 0.3) is 0 Å². The minimum absolute atomic E-state index is 0.103. The van der Waals surface area contributed by atoms with Crippen LogP contribution < -0.4 is 4.74 Å². The first kappa shape index (κ1) is 17.6. The van der Waals surface area contributed by atoms with E-state index in [1.165, 1.54) is 6.42 Å². The maximum atomic E-state index is 8.72. The molecule has 1 N–H and O–H groups in total. The van der Waals surface area contributed by atoms with Crippen LogP contribution in [-0.4, -0.2) is 43.4 Å². The molecule has 0 aliphatic rings. The Morgan fingerprint density at radius 1 is 1.38 bits per heavy atom. The van der Waals surface area contributed by atoms with E-state index in [0.717, 1.165) is 30.3 Å². The Hall–Kier alpha value is -1.50. The third kappa shape index (κ3) is 7.75. The van der Waals surface area contributed by atoms with Gasteiger partial charge in [0.25, 0.3) is 0 Å². The van der Waals surface area contributed by atoms with Crippen molar-refractivity contribution < 1.29 is 9.84 Å². The molecule has 1 rings (SSSR count). The van der Waals surface area contributed by atoms with Crippen molar-refractivity contribution >= 4 is 0 Å². The van der Waals surface area contributed by atoms with Gasteiger partial charge in [-0.15, -0.1) is 0 Å². The Morgan fingerprint density at radius 2 is 2.19 bits per heavy atom. The van der Waals surface area contributed by atoms with Crippen LogP contribution >= 0.6 is 0 Å². The highest BCUT2D eigenvalue weighted by Gasteiger charge is 2.04. The molecule has 1 aromatic rings. The lowest BCUT2D eigenvalue weighted by molar-refractivity contribution is 0.217.